The lowest BCUT2D eigenvalue weighted by molar-refractivity contribution is -0.156. The molecule has 3 atom stereocenters. The Balaban J connectivity index is 1.53. The van der Waals surface area contributed by atoms with Crippen molar-refractivity contribution in [3.8, 4) is 5.75 Å². The van der Waals surface area contributed by atoms with Gasteiger partial charge in [-0.05, 0) is 31.2 Å². The molecule has 2 amide bonds. The van der Waals surface area contributed by atoms with Crippen LogP contribution in [0.4, 0.5) is 5.69 Å². The topological polar surface area (TPSA) is 150 Å². The van der Waals surface area contributed by atoms with Crippen LogP contribution in [0.5, 0.6) is 5.75 Å². The molecular formula is C19H21N5O5S3. The molecule has 0 aliphatic carbocycles. The van der Waals surface area contributed by atoms with E-state index in [0.29, 0.717) is 10.0 Å². The highest BCUT2D eigenvalue weighted by Crippen LogP contribution is 2.46. The van der Waals surface area contributed by atoms with Crippen LogP contribution in [0.15, 0.2) is 28.6 Å². The summed E-state index contributed by atoms with van der Waals surface area (Å²) in [4.78, 5) is 40.8. The maximum absolute atomic E-state index is 13.1. The number of anilines is 1. The monoisotopic (exact) mass is 495 g/mol. The summed E-state index contributed by atoms with van der Waals surface area (Å²) >= 11 is 4.07. The second-order valence-electron chi connectivity index (χ2n) is 7.56. The first kappa shape index (κ1) is 22.8. The number of aliphatic carboxylic acids is 1. The molecule has 13 heteroatoms. The van der Waals surface area contributed by atoms with E-state index in [1.807, 2.05) is 6.92 Å². The van der Waals surface area contributed by atoms with Gasteiger partial charge in [-0.2, -0.15) is 0 Å². The number of phenolic OH excluding ortho intramolecular Hbond substituents is 1. The fourth-order valence-electron chi connectivity index (χ4n) is 3.70. The minimum absolute atomic E-state index is 0.0388. The largest absolute Gasteiger partial charge is 0.508 e. The van der Waals surface area contributed by atoms with Crippen molar-refractivity contribution in [3.05, 3.63) is 29.3 Å². The van der Waals surface area contributed by atoms with Crippen LogP contribution in [0, 0.1) is 12.3 Å². The number of nitrogens with two attached hydrogens (primary N) is 1. The molecular weight excluding hydrogens is 474 g/mol. The predicted octanol–water partition coefficient (Wildman–Crippen LogP) is 0.991. The predicted molar refractivity (Wildman–Crippen MR) is 122 cm³/mol. The number of hydrogen-bond acceptors (Lipinski definition) is 10. The van der Waals surface area contributed by atoms with E-state index < -0.39 is 23.3 Å². The van der Waals surface area contributed by atoms with Crippen LogP contribution in [-0.2, 0) is 14.4 Å². The van der Waals surface area contributed by atoms with E-state index in [-0.39, 0.29) is 41.6 Å². The Morgan fingerprint density at radius 1 is 1.34 bits per heavy atom. The van der Waals surface area contributed by atoms with Gasteiger partial charge in [0.05, 0.1) is 6.54 Å². The molecule has 4 N–H and O–H groups in total. The van der Waals surface area contributed by atoms with Crippen LogP contribution in [-0.4, -0.2) is 79.1 Å². The van der Waals surface area contributed by atoms with Crippen molar-refractivity contribution in [2.24, 2.45) is 11.1 Å². The Kier molecular flexibility index (Phi) is 6.34. The number of phenols is 1. The van der Waals surface area contributed by atoms with Crippen LogP contribution in [0.3, 0.4) is 0 Å². The Labute approximate surface area is 196 Å². The molecule has 0 bridgehead atoms. The van der Waals surface area contributed by atoms with Gasteiger partial charge in [0, 0.05) is 23.7 Å². The van der Waals surface area contributed by atoms with E-state index in [0.717, 1.165) is 5.01 Å². The Hall–Kier alpha value is -2.35. The number of carbonyl (C=O) groups is 3. The number of carboxylic acid groups (broad SMARTS) is 1. The highest BCUT2D eigenvalue weighted by Gasteiger charge is 2.59. The molecule has 3 heterocycles. The fraction of sp³-hybridized carbons (Fsp3) is 0.421. The second kappa shape index (κ2) is 8.89. The van der Waals surface area contributed by atoms with Gasteiger partial charge < -0.3 is 20.8 Å². The van der Waals surface area contributed by atoms with E-state index in [1.165, 1.54) is 56.8 Å². The first-order valence-electron chi connectivity index (χ1n) is 9.65. The summed E-state index contributed by atoms with van der Waals surface area (Å²) in [7, 11) is 0. The molecule has 32 heavy (non-hydrogen) atoms. The SMILES string of the molecule is Cc1nnc(SCC2(C(=O)O)CS[C@@H]3C(N(C(=O)CN)c4ccc(O)cc4)C(=O)N3C2)s1. The zero-order valence-corrected chi connectivity index (χ0v) is 19.5. The summed E-state index contributed by atoms with van der Waals surface area (Å²) in [5.41, 5.74) is 4.91. The smallest absolute Gasteiger partial charge is 0.313 e. The summed E-state index contributed by atoms with van der Waals surface area (Å²) < 4.78 is 0.690. The first-order chi connectivity index (χ1) is 15.3. The number of hydrogen-bond donors (Lipinski definition) is 3. The molecule has 170 valence electrons. The Morgan fingerprint density at radius 3 is 2.66 bits per heavy atom. The number of β-lactam (4-membered cyclic amide) rings is 1. The highest BCUT2D eigenvalue weighted by molar-refractivity contribution is 8.01. The van der Waals surface area contributed by atoms with Crippen LogP contribution >= 0.6 is 34.9 Å². The molecule has 0 spiro atoms. The van der Waals surface area contributed by atoms with Gasteiger partial charge in [0.25, 0.3) is 0 Å². The van der Waals surface area contributed by atoms with Crippen LogP contribution in [0.2, 0.25) is 0 Å². The zero-order chi connectivity index (χ0) is 23.0. The molecule has 1 aromatic carbocycles. The molecule has 2 unspecified atom stereocenters. The average Bonchev–Trinajstić information content (AvgIpc) is 3.21. The number of rotatable bonds is 7. The third-order valence-corrected chi connectivity index (χ3v) is 9.23. The van der Waals surface area contributed by atoms with Gasteiger partial charge in [0.15, 0.2) is 4.34 Å². The summed E-state index contributed by atoms with van der Waals surface area (Å²) in [6.45, 7) is 1.61. The van der Waals surface area contributed by atoms with Crippen molar-refractivity contribution in [1.29, 1.82) is 0 Å². The van der Waals surface area contributed by atoms with Crippen LogP contribution in [0.1, 0.15) is 5.01 Å². The third-order valence-electron chi connectivity index (χ3n) is 5.40. The molecule has 0 radical (unpaired) electrons. The minimum Gasteiger partial charge on any atom is -0.508 e. The molecule has 2 saturated heterocycles. The standard InChI is InChI=1S/C19H21N5O5S3/c1-10-21-22-18(32-10)31-9-19(17(28)29)7-23-15(27)14(16(23)30-8-19)24(13(26)6-20)11-2-4-12(25)5-3-11/h2-5,14,16,25H,6-9,20H2,1H3,(H,28,29)/t14?,16-,19?/m1/s1. The lowest BCUT2D eigenvalue weighted by Crippen LogP contribution is -2.75. The first-order valence-corrected chi connectivity index (χ1v) is 12.5. The number of nitrogens with zero attached hydrogens (tertiary/aromatic N) is 4. The number of thioether (sulfide) groups is 2. The summed E-state index contributed by atoms with van der Waals surface area (Å²) in [6.07, 6.45) is 0. The van der Waals surface area contributed by atoms with E-state index in [4.69, 9.17) is 5.73 Å². The zero-order valence-electron chi connectivity index (χ0n) is 17.0. The Morgan fingerprint density at radius 2 is 2.06 bits per heavy atom. The molecule has 2 aliphatic rings. The number of amides is 2. The van der Waals surface area contributed by atoms with Crippen molar-refractivity contribution in [3.63, 3.8) is 0 Å². The van der Waals surface area contributed by atoms with E-state index in [2.05, 4.69) is 10.2 Å². The fourth-order valence-corrected chi connectivity index (χ4v) is 7.42. The van der Waals surface area contributed by atoms with E-state index >= 15 is 0 Å². The third kappa shape index (κ3) is 4.05. The van der Waals surface area contributed by atoms with Gasteiger partial charge in [-0.15, -0.1) is 22.0 Å². The molecule has 0 saturated carbocycles. The van der Waals surface area contributed by atoms with Crippen LogP contribution < -0.4 is 10.6 Å². The van der Waals surface area contributed by atoms with Crippen molar-refractivity contribution in [1.82, 2.24) is 15.1 Å². The summed E-state index contributed by atoms with van der Waals surface area (Å²) in [5.74, 6) is -1.13. The number of fused-ring (bicyclic) bond motifs is 1. The number of aromatic nitrogens is 2. The molecule has 10 nitrogen and oxygen atoms in total. The van der Waals surface area contributed by atoms with Crippen molar-refractivity contribution >= 4 is 58.3 Å². The number of aryl methyl sites for hydroxylation is 1. The maximum atomic E-state index is 13.1. The van der Waals surface area contributed by atoms with E-state index in [9.17, 15) is 24.6 Å². The van der Waals surface area contributed by atoms with Crippen molar-refractivity contribution in [2.45, 2.75) is 22.7 Å². The maximum Gasteiger partial charge on any atom is 0.313 e. The molecule has 4 rings (SSSR count). The lowest BCUT2D eigenvalue weighted by Gasteiger charge is -2.56. The number of aromatic hydroxyl groups is 1. The van der Waals surface area contributed by atoms with Gasteiger partial charge in [0.1, 0.15) is 27.6 Å². The Bertz CT molecular complexity index is 1050. The quantitative estimate of drug-likeness (QED) is 0.375. The number of benzene rings is 1. The van der Waals surface area contributed by atoms with Gasteiger partial charge in [-0.3, -0.25) is 19.3 Å². The van der Waals surface area contributed by atoms with Gasteiger partial charge in [0.2, 0.25) is 11.8 Å². The van der Waals surface area contributed by atoms with Gasteiger partial charge in [-0.1, -0.05) is 23.1 Å². The molecule has 2 aliphatic heterocycles. The minimum atomic E-state index is -1.13. The summed E-state index contributed by atoms with van der Waals surface area (Å²) in [6, 6.07) is 5.19. The van der Waals surface area contributed by atoms with Crippen molar-refractivity contribution in [2.75, 3.05) is 29.5 Å². The molecule has 2 fully saturated rings. The van der Waals surface area contributed by atoms with Gasteiger partial charge >= 0.3 is 5.97 Å². The summed E-state index contributed by atoms with van der Waals surface area (Å²) in [5, 5.41) is 28.0. The lowest BCUT2D eigenvalue weighted by atomic mass is 9.89. The van der Waals surface area contributed by atoms with E-state index in [1.54, 1.807) is 12.1 Å². The average molecular weight is 496 g/mol. The normalized spacial score (nSPS) is 24.6. The number of carbonyl (C=O) groups excluding carboxylic acids is 2. The highest BCUT2D eigenvalue weighted by atomic mass is 32.2. The molecule has 1 aromatic heterocycles. The number of carboxylic acids is 1. The second-order valence-corrected chi connectivity index (χ2v) is 11.1. The molecule has 2 aromatic rings. The van der Waals surface area contributed by atoms with Gasteiger partial charge in [-0.25, -0.2) is 0 Å². The van der Waals surface area contributed by atoms with Crippen LogP contribution in [0.25, 0.3) is 0 Å². The van der Waals surface area contributed by atoms with Crippen molar-refractivity contribution < 1.29 is 24.6 Å².